The largest absolute Gasteiger partial charge is 0.469 e. The van der Waals surface area contributed by atoms with Crippen LogP contribution >= 0.6 is 23.2 Å². The van der Waals surface area contributed by atoms with Crippen LogP contribution in [0.4, 0.5) is 0 Å². The van der Waals surface area contributed by atoms with E-state index in [1.54, 1.807) is 6.07 Å². The van der Waals surface area contributed by atoms with Crippen LogP contribution in [0.25, 0.3) is 0 Å². The summed E-state index contributed by atoms with van der Waals surface area (Å²) in [5.41, 5.74) is 3.19. The Balaban J connectivity index is 2.06. The molecule has 2 aromatic carbocycles. The fraction of sp³-hybridized carbons (Fsp3) is 0.188. The highest BCUT2D eigenvalue weighted by molar-refractivity contribution is 6.42. The first-order chi connectivity index (χ1) is 9.58. The Kier molecular flexibility index (Phi) is 5.05. The highest BCUT2D eigenvalue weighted by Gasteiger charge is 2.04. The Morgan fingerprint density at radius 3 is 2.15 bits per heavy atom. The number of halogens is 2. The lowest BCUT2D eigenvalue weighted by Crippen LogP contribution is -2.04. The van der Waals surface area contributed by atoms with E-state index in [-0.39, 0.29) is 5.97 Å². The second-order valence-electron chi connectivity index (χ2n) is 4.49. The van der Waals surface area contributed by atoms with Crippen LogP contribution in [0.2, 0.25) is 10.0 Å². The maximum absolute atomic E-state index is 11.2. The van der Waals surface area contributed by atoms with E-state index in [0.29, 0.717) is 16.5 Å². The van der Waals surface area contributed by atoms with Gasteiger partial charge in [-0.2, -0.15) is 0 Å². The van der Waals surface area contributed by atoms with E-state index in [4.69, 9.17) is 23.2 Å². The first kappa shape index (κ1) is 14.9. The molecule has 20 heavy (non-hydrogen) atoms. The minimum atomic E-state index is -0.234. The number of hydrogen-bond donors (Lipinski definition) is 0. The van der Waals surface area contributed by atoms with Gasteiger partial charge in [0.05, 0.1) is 23.6 Å². The van der Waals surface area contributed by atoms with Crippen molar-refractivity contribution in [3.8, 4) is 0 Å². The second kappa shape index (κ2) is 6.78. The Labute approximate surface area is 128 Å². The molecule has 2 nitrogen and oxygen atoms in total. The van der Waals surface area contributed by atoms with Crippen molar-refractivity contribution < 1.29 is 9.53 Å². The minimum absolute atomic E-state index is 0.234. The summed E-state index contributed by atoms with van der Waals surface area (Å²) in [6.07, 6.45) is 1.07. The third kappa shape index (κ3) is 3.99. The number of methoxy groups -OCH3 is 1. The first-order valence-corrected chi connectivity index (χ1v) is 6.92. The van der Waals surface area contributed by atoms with Gasteiger partial charge in [-0.3, -0.25) is 4.79 Å². The summed E-state index contributed by atoms with van der Waals surface area (Å²) >= 11 is 11.9. The number of carbonyl (C=O) groups is 1. The molecule has 0 aliphatic heterocycles. The van der Waals surface area contributed by atoms with Crippen molar-refractivity contribution >= 4 is 29.2 Å². The number of ether oxygens (including phenoxy) is 1. The van der Waals surface area contributed by atoms with Crippen LogP contribution in [-0.2, 0) is 22.4 Å². The van der Waals surface area contributed by atoms with Crippen molar-refractivity contribution in [3.63, 3.8) is 0 Å². The van der Waals surface area contributed by atoms with Crippen LogP contribution in [-0.4, -0.2) is 13.1 Å². The topological polar surface area (TPSA) is 26.3 Å². The monoisotopic (exact) mass is 308 g/mol. The summed E-state index contributed by atoms with van der Waals surface area (Å²) in [5, 5.41) is 1.12. The molecule has 104 valence electrons. The van der Waals surface area contributed by atoms with Gasteiger partial charge in [0.15, 0.2) is 0 Å². The van der Waals surface area contributed by atoms with Gasteiger partial charge in [-0.05, 0) is 35.2 Å². The highest BCUT2D eigenvalue weighted by Crippen LogP contribution is 2.24. The van der Waals surface area contributed by atoms with Crippen LogP contribution in [0.1, 0.15) is 16.7 Å². The molecule has 0 aliphatic carbocycles. The molecule has 0 N–H and O–H groups in total. The molecular formula is C16H14Cl2O2. The van der Waals surface area contributed by atoms with Gasteiger partial charge in [-0.1, -0.05) is 53.5 Å². The zero-order chi connectivity index (χ0) is 14.5. The number of benzene rings is 2. The van der Waals surface area contributed by atoms with Crippen molar-refractivity contribution in [2.24, 2.45) is 0 Å². The van der Waals surface area contributed by atoms with E-state index >= 15 is 0 Å². The molecule has 0 aliphatic rings. The fourth-order valence-electron chi connectivity index (χ4n) is 1.90. The molecule has 0 atom stereocenters. The Bertz CT molecular complexity index is 606. The quantitative estimate of drug-likeness (QED) is 0.787. The average Bonchev–Trinajstić information content (AvgIpc) is 2.45. The van der Waals surface area contributed by atoms with E-state index < -0.39 is 0 Å². The highest BCUT2D eigenvalue weighted by atomic mass is 35.5. The predicted octanol–water partition coefficient (Wildman–Crippen LogP) is 4.30. The van der Waals surface area contributed by atoms with Gasteiger partial charge in [-0.15, -0.1) is 0 Å². The Morgan fingerprint density at radius 2 is 1.55 bits per heavy atom. The molecule has 2 aromatic rings. The molecule has 0 bridgehead atoms. The van der Waals surface area contributed by atoms with Gasteiger partial charge in [0.25, 0.3) is 0 Å². The van der Waals surface area contributed by atoms with Crippen molar-refractivity contribution in [1.82, 2.24) is 0 Å². The molecule has 0 saturated carbocycles. The van der Waals surface area contributed by atoms with Crippen molar-refractivity contribution in [1.29, 1.82) is 0 Å². The number of hydrogen-bond acceptors (Lipinski definition) is 2. The standard InChI is InChI=1S/C16H14Cl2O2/c1-20-16(19)10-12-4-2-11(3-5-12)8-13-6-7-14(17)15(18)9-13/h2-7,9H,8,10H2,1H3. The number of rotatable bonds is 4. The van der Waals surface area contributed by atoms with Gasteiger partial charge < -0.3 is 4.74 Å². The molecule has 0 saturated heterocycles. The number of esters is 1. The number of carbonyl (C=O) groups excluding carboxylic acids is 1. The van der Waals surface area contributed by atoms with Gasteiger partial charge in [0, 0.05) is 0 Å². The fourth-order valence-corrected chi connectivity index (χ4v) is 2.22. The predicted molar refractivity (Wildman–Crippen MR) is 81.4 cm³/mol. The van der Waals surface area contributed by atoms with Crippen LogP contribution in [0.5, 0.6) is 0 Å². The molecule has 0 spiro atoms. The SMILES string of the molecule is COC(=O)Cc1ccc(Cc2ccc(Cl)c(Cl)c2)cc1. The van der Waals surface area contributed by atoms with E-state index in [9.17, 15) is 4.79 Å². The molecule has 0 fully saturated rings. The summed E-state index contributed by atoms with van der Waals surface area (Å²) in [4.78, 5) is 11.2. The zero-order valence-corrected chi connectivity index (χ0v) is 12.5. The molecule has 4 heteroatoms. The molecule has 0 aromatic heterocycles. The molecule has 0 radical (unpaired) electrons. The first-order valence-electron chi connectivity index (χ1n) is 6.17. The van der Waals surface area contributed by atoms with E-state index in [2.05, 4.69) is 4.74 Å². The normalized spacial score (nSPS) is 10.3. The molecule has 0 heterocycles. The molecule has 0 unspecified atom stereocenters. The smallest absolute Gasteiger partial charge is 0.309 e. The lowest BCUT2D eigenvalue weighted by atomic mass is 10.0. The lowest BCUT2D eigenvalue weighted by Gasteiger charge is -2.05. The van der Waals surface area contributed by atoms with Crippen molar-refractivity contribution in [2.45, 2.75) is 12.8 Å². The van der Waals surface area contributed by atoms with Crippen LogP contribution in [0.3, 0.4) is 0 Å². The van der Waals surface area contributed by atoms with E-state index in [1.807, 2.05) is 36.4 Å². The summed E-state index contributed by atoms with van der Waals surface area (Å²) in [6.45, 7) is 0. The maximum atomic E-state index is 11.2. The zero-order valence-electron chi connectivity index (χ0n) is 11.0. The maximum Gasteiger partial charge on any atom is 0.309 e. The van der Waals surface area contributed by atoms with Gasteiger partial charge in [0.2, 0.25) is 0 Å². The third-order valence-corrected chi connectivity index (χ3v) is 3.73. The molecule has 0 amide bonds. The Hall–Kier alpha value is -1.51. The van der Waals surface area contributed by atoms with Gasteiger partial charge in [-0.25, -0.2) is 0 Å². The van der Waals surface area contributed by atoms with Crippen molar-refractivity contribution in [2.75, 3.05) is 7.11 Å². The average molecular weight is 309 g/mol. The summed E-state index contributed by atoms with van der Waals surface area (Å²) in [5.74, 6) is -0.234. The molecule has 2 rings (SSSR count). The summed E-state index contributed by atoms with van der Waals surface area (Å²) in [6, 6.07) is 13.5. The van der Waals surface area contributed by atoms with Crippen molar-refractivity contribution in [3.05, 3.63) is 69.2 Å². The van der Waals surface area contributed by atoms with E-state index in [1.165, 1.54) is 7.11 Å². The van der Waals surface area contributed by atoms with Crippen LogP contribution < -0.4 is 0 Å². The second-order valence-corrected chi connectivity index (χ2v) is 5.31. The summed E-state index contributed by atoms with van der Waals surface area (Å²) < 4.78 is 4.64. The Morgan fingerprint density at radius 1 is 0.950 bits per heavy atom. The van der Waals surface area contributed by atoms with E-state index in [0.717, 1.165) is 23.1 Å². The van der Waals surface area contributed by atoms with Crippen LogP contribution in [0.15, 0.2) is 42.5 Å². The molecular weight excluding hydrogens is 295 g/mol. The third-order valence-electron chi connectivity index (χ3n) is 2.99. The van der Waals surface area contributed by atoms with Gasteiger partial charge in [0.1, 0.15) is 0 Å². The minimum Gasteiger partial charge on any atom is -0.469 e. The summed E-state index contributed by atoms with van der Waals surface area (Å²) in [7, 11) is 1.39. The van der Waals surface area contributed by atoms with Gasteiger partial charge >= 0.3 is 5.97 Å². The van der Waals surface area contributed by atoms with Crippen LogP contribution in [0, 0.1) is 0 Å². The lowest BCUT2D eigenvalue weighted by molar-refractivity contribution is -0.139.